The van der Waals surface area contributed by atoms with E-state index >= 15 is 0 Å². The lowest BCUT2D eigenvalue weighted by Crippen LogP contribution is -2.39. The van der Waals surface area contributed by atoms with E-state index in [2.05, 4.69) is 5.32 Å². The van der Waals surface area contributed by atoms with Crippen molar-refractivity contribution in [2.75, 3.05) is 33.0 Å². The van der Waals surface area contributed by atoms with Crippen LogP contribution in [0.15, 0.2) is 29.2 Å². The molecule has 2 amide bonds. The van der Waals surface area contributed by atoms with Gasteiger partial charge in [0.1, 0.15) is 0 Å². The molecule has 0 bridgehead atoms. The zero-order chi connectivity index (χ0) is 18.1. The molecule has 0 unspecified atom stereocenters. The van der Waals surface area contributed by atoms with E-state index < -0.39 is 23.4 Å². The molecule has 0 aliphatic heterocycles. The third kappa shape index (κ3) is 6.24. The highest BCUT2D eigenvalue weighted by molar-refractivity contribution is 8.00. The summed E-state index contributed by atoms with van der Waals surface area (Å²) in [5, 5.41) is 13.2. The fraction of sp³-hybridized carbons (Fsp3) is 0.357. The lowest BCUT2D eigenvalue weighted by molar-refractivity contribution is -0.387. The van der Waals surface area contributed by atoms with Gasteiger partial charge in [-0.1, -0.05) is 12.1 Å². The molecule has 0 aromatic heterocycles. The maximum Gasteiger partial charge on any atom is 0.316 e. The highest BCUT2D eigenvalue weighted by Gasteiger charge is 2.17. The van der Waals surface area contributed by atoms with Crippen molar-refractivity contribution in [3.05, 3.63) is 34.4 Å². The first-order valence-electron chi connectivity index (χ1n) is 6.81. The Morgan fingerprint density at radius 3 is 2.62 bits per heavy atom. The molecule has 1 aromatic carbocycles. The van der Waals surface area contributed by atoms with Crippen LogP contribution in [0, 0.1) is 10.1 Å². The van der Waals surface area contributed by atoms with Crippen LogP contribution in [0.2, 0.25) is 0 Å². The summed E-state index contributed by atoms with van der Waals surface area (Å²) in [5.41, 5.74) is -0.100. The van der Waals surface area contributed by atoms with Gasteiger partial charge < -0.3 is 15.0 Å². The average molecular weight is 355 g/mol. The van der Waals surface area contributed by atoms with Crippen molar-refractivity contribution in [1.82, 2.24) is 10.2 Å². The second-order valence-corrected chi connectivity index (χ2v) is 5.61. The molecular formula is C14H17N3O6S. The number of rotatable bonds is 8. The molecule has 0 saturated heterocycles. The lowest BCUT2D eigenvalue weighted by atomic mass is 10.3. The molecule has 1 aromatic rings. The Labute approximate surface area is 142 Å². The van der Waals surface area contributed by atoms with E-state index in [0.717, 1.165) is 16.7 Å². The number of esters is 1. The Morgan fingerprint density at radius 2 is 2.00 bits per heavy atom. The molecule has 0 saturated carbocycles. The van der Waals surface area contributed by atoms with Gasteiger partial charge in [-0.2, -0.15) is 0 Å². The quantitative estimate of drug-likeness (QED) is 0.311. The van der Waals surface area contributed by atoms with E-state index in [0.29, 0.717) is 4.90 Å². The van der Waals surface area contributed by atoms with Gasteiger partial charge in [-0.05, 0) is 6.07 Å². The number of ether oxygens (including phenoxy) is 1. The molecule has 1 N–H and O–H groups in total. The third-order valence-corrected chi connectivity index (χ3v) is 3.89. The van der Waals surface area contributed by atoms with Gasteiger partial charge in [0.15, 0.2) is 6.61 Å². The van der Waals surface area contributed by atoms with Crippen LogP contribution in [0.5, 0.6) is 0 Å². The molecule has 0 radical (unpaired) electrons. The van der Waals surface area contributed by atoms with E-state index in [-0.39, 0.29) is 23.9 Å². The molecule has 0 aliphatic carbocycles. The van der Waals surface area contributed by atoms with Crippen LogP contribution < -0.4 is 5.32 Å². The number of hydrogen-bond acceptors (Lipinski definition) is 7. The number of nitro groups is 1. The Kier molecular flexibility index (Phi) is 7.69. The van der Waals surface area contributed by atoms with Gasteiger partial charge >= 0.3 is 5.97 Å². The van der Waals surface area contributed by atoms with Gasteiger partial charge in [-0.15, -0.1) is 11.8 Å². The van der Waals surface area contributed by atoms with Crippen molar-refractivity contribution < 1.29 is 24.0 Å². The van der Waals surface area contributed by atoms with Gasteiger partial charge in [0.2, 0.25) is 5.91 Å². The maximum atomic E-state index is 11.7. The number of hydrogen-bond donors (Lipinski definition) is 1. The van der Waals surface area contributed by atoms with Crippen molar-refractivity contribution in [2.24, 2.45) is 0 Å². The predicted octanol–water partition coefficient (Wildman–Crippen LogP) is 0.435. The molecule has 130 valence electrons. The van der Waals surface area contributed by atoms with Crippen molar-refractivity contribution in [3.8, 4) is 0 Å². The second kappa shape index (κ2) is 9.50. The number of carbonyl (C=O) groups excluding carboxylic acids is 3. The van der Waals surface area contributed by atoms with E-state index in [1.54, 1.807) is 6.07 Å². The summed E-state index contributed by atoms with van der Waals surface area (Å²) in [6.07, 6.45) is 0. The number of para-hydroxylation sites is 1. The van der Waals surface area contributed by atoms with Crippen LogP contribution in [-0.2, 0) is 19.1 Å². The molecule has 0 atom stereocenters. The van der Waals surface area contributed by atoms with Gasteiger partial charge in [-0.3, -0.25) is 24.5 Å². The normalized spacial score (nSPS) is 9.92. The number of likely N-dealkylation sites (N-methyl/N-ethyl adjacent to an activating group) is 2. The average Bonchev–Trinajstić information content (AvgIpc) is 2.57. The first kappa shape index (κ1) is 19.4. The summed E-state index contributed by atoms with van der Waals surface area (Å²) in [6, 6.07) is 6.02. The zero-order valence-corrected chi connectivity index (χ0v) is 14.0. The number of nitrogens with zero attached hydrogens (tertiary/aromatic N) is 2. The highest BCUT2D eigenvalue weighted by Crippen LogP contribution is 2.28. The summed E-state index contributed by atoms with van der Waals surface area (Å²) in [7, 11) is 2.86. The van der Waals surface area contributed by atoms with Crippen LogP contribution in [0.4, 0.5) is 5.69 Å². The number of nitro benzene ring substituents is 1. The van der Waals surface area contributed by atoms with Crippen molar-refractivity contribution >= 4 is 35.2 Å². The van der Waals surface area contributed by atoms with Crippen LogP contribution in [0.1, 0.15) is 0 Å². The number of thioether (sulfide) groups is 1. The number of amides is 2. The summed E-state index contributed by atoms with van der Waals surface area (Å²) < 4.78 is 4.81. The molecule has 9 nitrogen and oxygen atoms in total. The molecular weight excluding hydrogens is 338 g/mol. The second-order valence-electron chi connectivity index (χ2n) is 4.60. The van der Waals surface area contributed by atoms with Gasteiger partial charge in [0.05, 0.1) is 22.1 Å². The smallest absolute Gasteiger partial charge is 0.316 e. The minimum atomic E-state index is -0.681. The topological polar surface area (TPSA) is 119 Å². The monoisotopic (exact) mass is 355 g/mol. The fourth-order valence-corrected chi connectivity index (χ4v) is 2.37. The number of benzene rings is 1. The van der Waals surface area contributed by atoms with E-state index in [1.165, 1.54) is 32.3 Å². The summed E-state index contributed by atoms with van der Waals surface area (Å²) >= 11 is 0.953. The highest BCUT2D eigenvalue weighted by atomic mass is 32.2. The van der Waals surface area contributed by atoms with Gasteiger partial charge in [0.25, 0.3) is 11.6 Å². The predicted molar refractivity (Wildman–Crippen MR) is 86.5 cm³/mol. The molecule has 0 heterocycles. The molecule has 0 spiro atoms. The fourth-order valence-electron chi connectivity index (χ4n) is 1.54. The van der Waals surface area contributed by atoms with Crippen molar-refractivity contribution in [1.29, 1.82) is 0 Å². The Balaban J connectivity index is 2.43. The SMILES string of the molecule is CNC(=O)CN(C)C(=O)COC(=O)CSc1ccccc1[N+](=O)[O-]. The Hall–Kier alpha value is -2.62. The zero-order valence-electron chi connectivity index (χ0n) is 13.2. The van der Waals surface area contributed by atoms with Crippen molar-refractivity contribution in [3.63, 3.8) is 0 Å². The molecule has 10 heteroatoms. The standard InChI is InChI=1S/C14H17N3O6S/c1-15-12(18)7-16(2)13(19)8-23-14(20)9-24-11-6-4-3-5-10(11)17(21)22/h3-6H,7-9H2,1-2H3,(H,15,18). The van der Waals surface area contributed by atoms with Crippen LogP contribution in [-0.4, -0.2) is 60.6 Å². The van der Waals surface area contributed by atoms with Crippen LogP contribution >= 0.6 is 11.8 Å². The maximum absolute atomic E-state index is 11.7. The Morgan fingerprint density at radius 1 is 1.33 bits per heavy atom. The number of carbonyl (C=O) groups is 3. The van der Waals surface area contributed by atoms with E-state index in [1.807, 2.05) is 0 Å². The minimum Gasteiger partial charge on any atom is -0.455 e. The molecule has 0 aliphatic rings. The van der Waals surface area contributed by atoms with Crippen LogP contribution in [0.25, 0.3) is 0 Å². The van der Waals surface area contributed by atoms with Gasteiger partial charge in [0, 0.05) is 20.2 Å². The van der Waals surface area contributed by atoms with Gasteiger partial charge in [-0.25, -0.2) is 0 Å². The van der Waals surface area contributed by atoms with E-state index in [9.17, 15) is 24.5 Å². The van der Waals surface area contributed by atoms with Crippen molar-refractivity contribution in [2.45, 2.75) is 4.90 Å². The summed E-state index contributed by atoms with van der Waals surface area (Å²) in [6.45, 7) is -0.637. The molecule has 0 fully saturated rings. The minimum absolute atomic E-state index is 0.100. The largest absolute Gasteiger partial charge is 0.455 e. The number of nitrogens with one attached hydrogen (secondary N) is 1. The van der Waals surface area contributed by atoms with Crippen LogP contribution in [0.3, 0.4) is 0 Å². The molecule has 1 rings (SSSR count). The van der Waals surface area contributed by atoms with E-state index in [4.69, 9.17) is 4.74 Å². The summed E-state index contributed by atoms with van der Waals surface area (Å²) in [4.78, 5) is 46.3. The third-order valence-electron chi connectivity index (χ3n) is 2.85. The first-order valence-corrected chi connectivity index (χ1v) is 7.80. The molecule has 24 heavy (non-hydrogen) atoms. The lowest BCUT2D eigenvalue weighted by Gasteiger charge is -2.15. The summed E-state index contributed by atoms with van der Waals surface area (Å²) in [5.74, 6) is -1.72. The Bertz CT molecular complexity index is 637. The first-order chi connectivity index (χ1) is 11.3.